The lowest BCUT2D eigenvalue weighted by Gasteiger charge is -2.45. The van der Waals surface area contributed by atoms with E-state index < -0.39 is 34.6 Å². The van der Waals surface area contributed by atoms with Crippen LogP contribution in [0.15, 0.2) is 88.9 Å². The molecule has 51 heavy (non-hydrogen) atoms. The third-order valence-corrected chi connectivity index (χ3v) is 12.0. The van der Waals surface area contributed by atoms with Gasteiger partial charge in [0.05, 0.1) is 22.3 Å². The van der Waals surface area contributed by atoms with Crippen molar-refractivity contribution in [1.29, 1.82) is 0 Å². The van der Waals surface area contributed by atoms with Crippen molar-refractivity contribution < 1.29 is 32.6 Å². The third kappa shape index (κ3) is 6.96. The third-order valence-electron chi connectivity index (χ3n) is 11.7. The van der Waals surface area contributed by atoms with Gasteiger partial charge in [-0.05, 0) is 116 Å². The van der Waals surface area contributed by atoms with Gasteiger partial charge in [-0.3, -0.25) is 9.69 Å². The number of alkyl halides is 3. The summed E-state index contributed by atoms with van der Waals surface area (Å²) < 4.78 is 46.6. The molecule has 0 saturated heterocycles. The van der Waals surface area contributed by atoms with Gasteiger partial charge < -0.3 is 14.6 Å². The number of aliphatic hydroxyl groups is 2. The maximum Gasteiger partial charge on any atom is 0.416 e. The Morgan fingerprint density at radius 3 is 2.47 bits per heavy atom. The molecule has 1 aromatic heterocycles. The number of hydrogen-bond acceptors (Lipinski definition) is 5. The van der Waals surface area contributed by atoms with E-state index in [0.29, 0.717) is 44.2 Å². The Bertz CT molecular complexity index is 1960. The van der Waals surface area contributed by atoms with E-state index in [1.807, 2.05) is 30.3 Å². The molecule has 0 spiro atoms. The van der Waals surface area contributed by atoms with E-state index in [4.69, 9.17) is 16.0 Å². The summed E-state index contributed by atoms with van der Waals surface area (Å²) in [6, 6.07) is 20.1. The predicted molar refractivity (Wildman–Crippen MR) is 192 cm³/mol. The monoisotopic (exact) mass is 717 g/mol. The van der Waals surface area contributed by atoms with Crippen LogP contribution in [-0.4, -0.2) is 39.1 Å². The summed E-state index contributed by atoms with van der Waals surface area (Å²) in [5, 5.41) is 23.8. The molecule has 4 aliphatic rings. The second-order valence-electron chi connectivity index (χ2n) is 15.0. The number of furan rings is 1. The fraction of sp³-hybridized carbons (Fsp3) is 0.405. The van der Waals surface area contributed by atoms with E-state index in [0.717, 1.165) is 49.2 Å². The van der Waals surface area contributed by atoms with Gasteiger partial charge in [-0.25, -0.2) is 0 Å². The second kappa shape index (κ2) is 13.7. The fourth-order valence-electron chi connectivity index (χ4n) is 8.71. The Morgan fingerprint density at radius 2 is 1.75 bits per heavy atom. The van der Waals surface area contributed by atoms with Crippen LogP contribution < -0.4 is 0 Å². The van der Waals surface area contributed by atoms with Crippen molar-refractivity contribution in [2.75, 3.05) is 6.54 Å². The highest BCUT2D eigenvalue weighted by molar-refractivity contribution is 6.33. The Balaban J connectivity index is 1.27. The van der Waals surface area contributed by atoms with E-state index in [1.54, 1.807) is 0 Å². The Morgan fingerprint density at radius 1 is 1.00 bits per heavy atom. The van der Waals surface area contributed by atoms with E-state index in [-0.39, 0.29) is 28.0 Å². The molecule has 2 heterocycles. The lowest BCUT2D eigenvalue weighted by Crippen LogP contribution is -2.51. The lowest BCUT2D eigenvalue weighted by atomic mass is 9.64. The Kier molecular flexibility index (Phi) is 9.59. The zero-order valence-corrected chi connectivity index (χ0v) is 29.7. The number of carbonyl (C=O) groups is 1. The van der Waals surface area contributed by atoms with Crippen LogP contribution in [0.5, 0.6) is 0 Å². The molecule has 2 N–H and O–H groups in total. The van der Waals surface area contributed by atoms with Crippen LogP contribution in [-0.2, 0) is 25.7 Å². The van der Waals surface area contributed by atoms with Crippen LogP contribution >= 0.6 is 11.6 Å². The summed E-state index contributed by atoms with van der Waals surface area (Å²) in [7, 11) is 0. The van der Waals surface area contributed by atoms with Crippen molar-refractivity contribution in [3.63, 3.8) is 0 Å². The Hall–Kier alpha value is -3.69. The quantitative estimate of drug-likeness (QED) is 0.159. The van der Waals surface area contributed by atoms with E-state index in [2.05, 4.69) is 37.0 Å². The summed E-state index contributed by atoms with van der Waals surface area (Å²) in [5.74, 6) is -0.554. The van der Waals surface area contributed by atoms with Crippen molar-refractivity contribution >= 4 is 17.4 Å². The number of ketones is 1. The number of benzene rings is 3. The van der Waals surface area contributed by atoms with Crippen LogP contribution in [0.4, 0.5) is 13.2 Å². The number of hydrogen-bond donors (Lipinski definition) is 2. The maximum absolute atomic E-state index is 14.5. The number of halogens is 4. The van der Waals surface area contributed by atoms with Gasteiger partial charge >= 0.3 is 6.18 Å². The molecular weight excluding hydrogens is 675 g/mol. The van der Waals surface area contributed by atoms with Crippen molar-refractivity contribution in [2.24, 2.45) is 5.41 Å². The predicted octanol–water partition coefficient (Wildman–Crippen LogP) is 9.90. The number of nitrogens with zero attached hydrogens (tertiary/aromatic N) is 1. The van der Waals surface area contributed by atoms with Gasteiger partial charge in [0.15, 0.2) is 5.76 Å². The van der Waals surface area contributed by atoms with Gasteiger partial charge in [0, 0.05) is 36.2 Å². The highest BCUT2D eigenvalue weighted by Crippen LogP contribution is 2.59. The molecular formula is C42H43ClF3NO4. The standard InChI is InChI=1S/C42H43ClF3NO4/c1-26-6-5-18-40(2)35(17-19-41(40,50)25-47-23-28-7-3-4-8-29(28)24-47)32-13-10-27(20-31(48)12-9-26)21-33(32)39(49)38-16-15-37(51-38)34-22-30(42(44,45)46)11-14-36(34)43/h3-4,6-8,10-11,13-16,21-22,31,35,48,50H,5,9,12,17-20,23-25H2,1-2H3. The molecule has 1 fully saturated rings. The van der Waals surface area contributed by atoms with Crippen molar-refractivity contribution in [1.82, 2.24) is 4.90 Å². The average molecular weight is 718 g/mol. The number of rotatable bonds is 5. The minimum atomic E-state index is -4.58. The zero-order valence-electron chi connectivity index (χ0n) is 28.9. The van der Waals surface area contributed by atoms with Gasteiger partial charge in [-0.15, -0.1) is 0 Å². The van der Waals surface area contributed by atoms with Gasteiger partial charge in [0.1, 0.15) is 5.76 Å². The largest absolute Gasteiger partial charge is 0.453 e. The number of fused-ring (bicyclic) bond motifs is 9. The summed E-state index contributed by atoms with van der Waals surface area (Å²) in [5.41, 5.74) is 3.31. The highest BCUT2D eigenvalue weighted by Gasteiger charge is 2.57. The molecule has 0 radical (unpaired) electrons. The Labute approximate surface area is 301 Å². The van der Waals surface area contributed by atoms with Crippen molar-refractivity contribution in [2.45, 2.75) is 95.7 Å². The molecule has 4 aromatic rings. The van der Waals surface area contributed by atoms with Crippen LogP contribution in [0, 0.1) is 5.41 Å². The lowest BCUT2D eigenvalue weighted by molar-refractivity contribution is -0.137. The minimum absolute atomic E-state index is 0.0260. The summed E-state index contributed by atoms with van der Waals surface area (Å²) >= 11 is 6.31. The average Bonchev–Trinajstić information content (AvgIpc) is 3.79. The topological polar surface area (TPSA) is 73.9 Å². The van der Waals surface area contributed by atoms with Crippen LogP contribution in [0.3, 0.4) is 0 Å². The zero-order chi connectivity index (χ0) is 36.1. The molecule has 9 heteroatoms. The molecule has 4 unspecified atom stereocenters. The molecule has 0 amide bonds. The minimum Gasteiger partial charge on any atom is -0.453 e. The first-order chi connectivity index (χ1) is 24.2. The molecule has 3 aromatic carbocycles. The first-order valence-electron chi connectivity index (χ1n) is 17.7. The van der Waals surface area contributed by atoms with Gasteiger partial charge in [-0.1, -0.05) is 66.6 Å². The van der Waals surface area contributed by atoms with E-state index in [9.17, 15) is 28.2 Å². The van der Waals surface area contributed by atoms with Crippen molar-refractivity contribution in [3.05, 3.63) is 129 Å². The summed E-state index contributed by atoms with van der Waals surface area (Å²) in [6.07, 6.45) is 1.41. The van der Waals surface area contributed by atoms with E-state index >= 15 is 0 Å². The summed E-state index contributed by atoms with van der Waals surface area (Å²) in [6.45, 7) is 6.31. The fourth-order valence-corrected chi connectivity index (χ4v) is 8.92. The van der Waals surface area contributed by atoms with E-state index in [1.165, 1.54) is 34.9 Å². The van der Waals surface area contributed by atoms with Crippen LogP contribution in [0.2, 0.25) is 5.02 Å². The van der Waals surface area contributed by atoms with Crippen molar-refractivity contribution in [3.8, 4) is 11.3 Å². The maximum atomic E-state index is 14.5. The normalized spacial score (nSPS) is 25.7. The molecule has 268 valence electrons. The molecule has 2 bridgehead atoms. The number of β-amino-alcohol motifs (C(OH)–C–C–N with tert-alkyl or cyclic N) is 1. The number of allylic oxidation sites excluding steroid dienone is 2. The van der Waals surface area contributed by atoms with Crippen LogP contribution in [0.1, 0.15) is 102 Å². The summed E-state index contributed by atoms with van der Waals surface area (Å²) in [4.78, 5) is 16.8. The second-order valence-corrected chi connectivity index (χ2v) is 15.5. The molecule has 5 nitrogen and oxygen atoms in total. The molecule has 1 saturated carbocycles. The smallest absolute Gasteiger partial charge is 0.416 e. The molecule has 4 atom stereocenters. The van der Waals surface area contributed by atoms with Gasteiger partial charge in [0.2, 0.25) is 5.78 Å². The number of aliphatic hydroxyl groups excluding tert-OH is 1. The molecule has 1 aliphatic heterocycles. The molecule has 8 rings (SSSR count). The molecule has 3 aliphatic carbocycles. The first kappa shape index (κ1) is 35.7. The van der Waals surface area contributed by atoms with Crippen LogP contribution in [0.25, 0.3) is 11.3 Å². The number of carbonyl (C=O) groups excluding carboxylic acids is 1. The SMILES string of the molecule is CC1=CCCC2(C)C(CCC2(O)CN2Cc3ccccc3C2)c2ccc(cc2C(=O)c2ccc(-c3cc(C(F)(F)F)ccc3Cl)o2)CC(O)CC1. The van der Waals surface area contributed by atoms with Gasteiger partial charge in [-0.2, -0.15) is 13.2 Å². The van der Waals surface area contributed by atoms with Gasteiger partial charge in [0.25, 0.3) is 0 Å². The highest BCUT2D eigenvalue weighted by atomic mass is 35.5. The first-order valence-corrected chi connectivity index (χ1v) is 18.1.